The lowest BCUT2D eigenvalue weighted by atomic mass is 10.00. The number of carbonyl (C=O) groups excluding carboxylic acids is 1. The van der Waals surface area contributed by atoms with Crippen LogP contribution in [0, 0.1) is 12.7 Å². The number of rotatable bonds is 5. The van der Waals surface area contributed by atoms with E-state index < -0.39 is 0 Å². The van der Waals surface area contributed by atoms with Crippen LogP contribution in [0.25, 0.3) is 0 Å². The molecule has 2 aromatic carbocycles. The fourth-order valence-electron chi connectivity index (χ4n) is 3.46. The Morgan fingerprint density at radius 2 is 1.93 bits per heavy atom. The van der Waals surface area contributed by atoms with Gasteiger partial charge in [-0.1, -0.05) is 30.3 Å². The lowest BCUT2D eigenvalue weighted by Crippen LogP contribution is -2.46. The van der Waals surface area contributed by atoms with Gasteiger partial charge in [-0.15, -0.1) is 24.0 Å². The monoisotopic (exact) mass is 510 g/mol. The van der Waals surface area contributed by atoms with Crippen LogP contribution in [0.2, 0.25) is 0 Å². The largest absolute Gasteiger partial charge is 0.356 e. The van der Waals surface area contributed by atoms with Crippen molar-refractivity contribution < 1.29 is 9.18 Å². The van der Waals surface area contributed by atoms with Gasteiger partial charge in [-0.3, -0.25) is 9.79 Å². The van der Waals surface area contributed by atoms with E-state index in [-0.39, 0.29) is 42.2 Å². The second kappa shape index (κ2) is 11.1. The van der Waals surface area contributed by atoms with Gasteiger partial charge in [0.2, 0.25) is 5.91 Å². The fourth-order valence-corrected chi connectivity index (χ4v) is 3.46. The maximum Gasteiger partial charge on any atom is 0.242 e. The van der Waals surface area contributed by atoms with Crippen molar-refractivity contribution in [3.8, 4) is 0 Å². The van der Waals surface area contributed by atoms with Crippen molar-refractivity contribution in [1.29, 1.82) is 0 Å². The fraction of sp³-hybridized carbons (Fsp3) is 0.364. The number of hydrogen-bond acceptors (Lipinski definition) is 2. The Bertz CT molecular complexity index is 872. The first-order chi connectivity index (χ1) is 13.6. The zero-order valence-electron chi connectivity index (χ0n) is 16.9. The summed E-state index contributed by atoms with van der Waals surface area (Å²) in [6.07, 6.45) is 1.65. The van der Waals surface area contributed by atoms with Crippen LogP contribution in [0.1, 0.15) is 22.3 Å². The van der Waals surface area contributed by atoms with Gasteiger partial charge in [-0.05, 0) is 54.2 Å². The summed E-state index contributed by atoms with van der Waals surface area (Å²) in [6.45, 7) is 4.16. The van der Waals surface area contributed by atoms with Crippen molar-refractivity contribution in [2.75, 3.05) is 26.7 Å². The topological polar surface area (TPSA) is 56.7 Å². The lowest BCUT2D eigenvalue weighted by Gasteiger charge is -2.29. The molecule has 7 heteroatoms. The van der Waals surface area contributed by atoms with Crippen molar-refractivity contribution >= 4 is 35.8 Å². The molecule has 1 heterocycles. The van der Waals surface area contributed by atoms with Gasteiger partial charge in [0, 0.05) is 26.7 Å². The molecule has 0 bridgehead atoms. The number of carbonyl (C=O) groups is 1. The highest BCUT2D eigenvalue weighted by molar-refractivity contribution is 14.0. The number of aliphatic imine (C=N–C) groups is 1. The predicted molar refractivity (Wildman–Crippen MR) is 125 cm³/mol. The van der Waals surface area contributed by atoms with Gasteiger partial charge < -0.3 is 15.5 Å². The third kappa shape index (κ3) is 6.42. The summed E-state index contributed by atoms with van der Waals surface area (Å²) < 4.78 is 13.2. The van der Waals surface area contributed by atoms with Crippen LogP contribution in [-0.2, 0) is 24.2 Å². The van der Waals surface area contributed by atoms with Crippen molar-refractivity contribution in [2.45, 2.75) is 26.3 Å². The molecule has 0 aromatic heterocycles. The SMILES string of the molecule is CN=C(NCCc1ccc(F)cc1C)NCC(=O)N1CCc2ccccc2C1.I. The van der Waals surface area contributed by atoms with Gasteiger partial charge in [-0.25, -0.2) is 4.39 Å². The number of aryl methyl sites for hydroxylation is 1. The molecular weight excluding hydrogens is 482 g/mol. The molecule has 0 unspecified atom stereocenters. The molecule has 0 spiro atoms. The number of benzene rings is 2. The minimum absolute atomic E-state index is 0. The number of nitrogens with zero attached hydrogens (tertiary/aromatic N) is 2. The molecule has 5 nitrogen and oxygen atoms in total. The minimum atomic E-state index is -0.217. The van der Waals surface area contributed by atoms with E-state index in [9.17, 15) is 9.18 Å². The summed E-state index contributed by atoms with van der Waals surface area (Å²) in [7, 11) is 1.68. The number of guanidine groups is 1. The number of amides is 1. The van der Waals surface area contributed by atoms with E-state index in [0.717, 1.165) is 30.5 Å². The Kier molecular flexibility index (Phi) is 8.88. The molecule has 0 saturated heterocycles. The van der Waals surface area contributed by atoms with Gasteiger partial charge in [0.25, 0.3) is 0 Å². The molecular formula is C22H28FIN4O. The Balaban J connectivity index is 0.00000300. The summed E-state index contributed by atoms with van der Waals surface area (Å²) in [5, 5.41) is 6.30. The molecule has 2 N–H and O–H groups in total. The maximum atomic E-state index is 13.2. The summed E-state index contributed by atoms with van der Waals surface area (Å²) in [6, 6.07) is 13.1. The summed E-state index contributed by atoms with van der Waals surface area (Å²) in [5.41, 5.74) is 4.57. The van der Waals surface area contributed by atoms with Crippen molar-refractivity contribution in [3.63, 3.8) is 0 Å². The van der Waals surface area contributed by atoms with Crippen molar-refractivity contribution in [2.24, 2.45) is 4.99 Å². The number of fused-ring (bicyclic) bond motifs is 1. The Labute approximate surface area is 188 Å². The lowest BCUT2D eigenvalue weighted by molar-refractivity contribution is -0.130. The van der Waals surface area contributed by atoms with E-state index in [1.165, 1.54) is 23.3 Å². The highest BCUT2D eigenvalue weighted by atomic mass is 127. The highest BCUT2D eigenvalue weighted by Crippen LogP contribution is 2.18. The standard InChI is InChI=1S/C22H27FN4O.HI/c1-16-13-20(23)8-7-17(16)9-11-25-22(24-2)26-14-21(28)27-12-10-18-5-3-4-6-19(18)15-27;/h3-8,13H,9-12,14-15H2,1-2H3,(H2,24,25,26);1H. The molecule has 0 aliphatic carbocycles. The van der Waals surface area contributed by atoms with Gasteiger partial charge in [0.05, 0.1) is 6.54 Å². The van der Waals surface area contributed by atoms with E-state index >= 15 is 0 Å². The molecule has 0 fully saturated rings. The highest BCUT2D eigenvalue weighted by Gasteiger charge is 2.20. The summed E-state index contributed by atoms with van der Waals surface area (Å²) >= 11 is 0. The zero-order valence-corrected chi connectivity index (χ0v) is 19.2. The molecule has 0 radical (unpaired) electrons. The van der Waals surface area contributed by atoms with E-state index in [1.807, 2.05) is 24.0 Å². The van der Waals surface area contributed by atoms with E-state index in [2.05, 4.69) is 27.8 Å². The van der Waals surface area contributed by atoms with Gasteiger partial charge in [0.15, 0.2) is 5.96 Å². The number of nitrogens with one attached hydrogen (secondary N) is 2. The van der Waals surface area contributed by atoms with Crippen LogP contribution in [0.5, 0.6) is 0 Å². The normalized spacial score (nSPS) is 13.3. The average Bonchev–Trinajstić information content (AvgIpc) is 2.71. The summed E-state index contributed by atoms with van der Waals surface area (Å²) in [4.78, 5) is 18.6. The second-order valence-electron chi connectivity index (χ2n) is 7.01. The van der Waals surface area contributed by atoms with E-state index in [0.29, 0.717) is 19.0 Å². The zero-order chi connectivity index (χ0) is 19.9. The van der Waals surface area contributed by atoms with Gasteiger partial charge >= 0.3 is 0 Å². The first-order valence-electron chi connectivity index (χ1n) is 9.61. The number of hydrogen-bond donors (Lipinski definition) is 2. The maximum absolute atomic E-state index is 13.2. The number of halogens is 2. The molecule has 156 valence electrons. The molecule has 1 aliphatic heterocycles. The first-order valence-corrected chi connectivity index (χ1v) is 9.61. The molecule has 3 rings (SSSR count). The Morgan fingerprint density at radius 3 is 2.66 bits per heavy atom. The van der Waals surface area contributed by atoms with E-state index in [1.54, 1.807) is 13.1 Å². The van der Waals surface area contributed by atoms with Crippen LogP contribution in [0.15, 0.2) is 47.5 Å². The smallest absolute Gasteiger partial charge is 0.242 e. The quantitative estimate of drug-likeness (QED) is 0.370. The van der Waals surface area contributed by atoms with Gasteiger partial charge in [0.1, 0.15) is 5.82 Å². The van der Waals surface area contributed by atoms with Crippen LogP contribution < -0.4 is 10.6 Å². The third-order valence-corrected chi connectivity index (χ3v) is 5.11. The van der Waals surface area contributed by atoms with Crippen molar-refractivity contribution in [1.82, 2.24) is 15.5 Å². The van der Waals surface area contributed by atoms with Crippen LogP contribution in [0.4, 0.5) is 4.39 Å². The molecule has 2 aromatic rings. The molecule has 1 aliphatic rings. The Hall–Kier alpha value is -2.16. The predicted octanol–water partition coefficient (Wildman–Crippen LogP) is 3.04. The molecule has 29 heavy (non-hydrogen) atoms. The minimum Gasteiger partial charge on any atom is -0.356 e. The van der Waals surface area contributed by atoms with Gasteiger partial charge in [-0.2, -0.15) is 0 Å². The summed E-state index contributed by atoms with van der Waals surface area (Å²) in [5.74, 6) is 0.433. The molecule has 0 saturated carbocycles. The van der Waals surface area contributed by atoms with Crippen LogP contribution >= 0.6 is 24.0 Å². The van der Waals surface area contributed by atoms with Crippen molar-refractivity contribution in [3.05, 3.63) is 70.5 Å². The molecule has 1 amide bonds. The second-order valence-corrected chi connectivity index (χ2v) is 7.01. The van der Waals surface area contributed by atoms with Crippen LogP contribution in [0.3, 0.4) is 0 Å². The average molecular weight is 510 g/mol. The molecule has 0 atom stereocenters. The Morgan fingerprint density at radius 1 is 1.17 bits per heavy atom. The third-order valence-electron chi connectivity index (χ3n) is 5.11. The van der Waals surface area contributed by atoms with Crippen LogP contribution in [-0.4, -0.2) is 43.4 Å². The first kappa shape index (κ1) is 23.1. The van der Waals surface area contributed by atoms with E-state index in [4.69, 9.17) is 0 Å².